The molecule has 3 nitrogen and oxygen atoms in total. The van der Waals surface area contributed by atoms with Gasteiger partial charge in [-0.25, -0.2) is 4.98 Å². The molecule has 0 aliphatic heterocycles. The predicted octanol–water partition coefficient (Wildman–Crippen LogP) is 3.97. The van der Waals surface area contributed by atoms with Gasteiger partial charge in [0.05, 0.1) is 5.69 Å². The van der Waals surface area contributed by atoms with Gasteiger partial charge in [0.15, 0.2) is 5.82 Å². The van der Waals surface area contributed by atoms with Crippen molar-refractivity contribution in [3.8, 4) is 0 Å². The largest absolute Gasteiger partial charge is 0.378 e. The fourth-order valence-electron chi connectivity index (χ4n) is 2.25. The lowest BCUT2D eigenvalue weighted by Gasteiger charge is -2.16. The number of nitrogens with one attached hydrogen (secondary N) is 1. The number of fused-ring (bicyclic) bond motifs is 1. The molecular formula is C16H17N3S. The molecule has 0 fully saturated rings. The average Bonchev–Trinajstić information content (AvgIpc) is 2.88. The first kappa shape index (κ1) is 12.9. The van der Waals surface area contributed by atoms with Crippen LogP contribution in [-0.2, 0) is 6.54 Å². The topological polar surface area (TPSA) is 28.2 Å². The van der Waals surface area contributed by atoms with E-state index in [4.69, 9.17) is 0 Å². The third-order valence-electron chi connectivity index (χ3n) is 3.24. The summed E-state index contributed by atoms with van der Waals surface area (Å²) in [6.07, 6.45) is 1.82. The molecule has 0 saturated heterocycles. The Hall–Kier alpha value is -2.07. The summed E-state index contributed by atoms with van der Waals surface area (Å²) in [5, 5.41) is 7.05. The number of anilines is 2. The van der Waals surface area contributed by atoms with E-state index in [-0.39, 0.29) is 0 Å². The predicted molar refractivity (Wildman–Crippen MR) is 87.7 cm³/mol. The molecule has 0 amide bonds. The maximum Gasteiger partial charge on any atom is 0.151 e. The molecule has 0 atom stereocenters. The van der Waals surface area contributed by atoms with Gasteiger partial charge in [-0.3, -0.25) is 0 Å². The molecule has 20 heavy (non-hydrogen) atoms. The molecular weight excluding hydrogens is 266 g/mol. The number of nitrogens with zero attached hydrogens (tertiary/aromatic N) is 2. The number of pyridine rings is 1. The monoisotopic (exact) mass is 283 g/mol. The summed E-state index contributed by atoms with van der Waals surface area (Å²) in [5.74, 6) is 0.965. The smallest absolute Gasteiger partial charge is 0.151 e. The maximum absolute atomic E-state index is 4.41. The van der Waals surface area contributed by atoms with Crippen LogP contribution < -0.4 is 10.2 Å². The SMILES string of the molecule is CN(C)c1ncccc1NCc1csc2ccccc12. The van der Waals surface area contributed by atoms with Gasteiger partial charge in [0.1, 0.15) is 0 Å². The number of benzene rings is 1. The zero-order valence-electron chi connectivity index (χ0n) is 11.6. The zero-order valence-corrected chi connectivity index (χ0v) is 12.4. The van der Waals surface area contributed by atoms with Crippen molar-refractivity contribution in [3.05, 3.63) is 53.5 Å². The highest BCUT2D eigenvalue weighted by Gasteiger charge is 2.07. The van der Waals surface area contributed by atoms with Crippen LogP contribution in [0, 0.1) is 0 Å². The summed E-state index contributed by atoms with van der Waals surface area (Å²) in [6.45, 7) is 0.816. The van der Waals surface area contributed by atoms with Crippen molar-refractivity contribution >= 4 is 32.9 Å². The Bertz CT molecular complexity index is 718. The lowest BCUT2D eigenvalue weighted by atomic mass is 10.2. The summed E-state index contributed by atoms with van der Waals surface area (Å²) in [7, 11) is 4.01. The summed E-state index contributed by atoms with van der Waals surface area (Å²) >= 11 is 1.79. The van der Waals surface area contributed by atoms with Gasteiger partial charge in [0, 0.05) is 31.5 Å². The fourth-order valence-corrected chi connectivity index (χ4v) is 3.21. The van der Waals surface area contributed by atoms with Crippen LogP contribution in [0.1, 0.15) is 5.56 Å². The number of hydrogen-bond donors (Lipinski definition) is 1. The zero-order chi connectivity index (χ0) is 13.9. The number of aromatic nitrogens is 1. The molecule has 2 aromatic heterocycles. The van der Waals surface area contributed by atoms with Crippen LogP contribution in [0.15, 0.2) is 48.0 Å². The summed E-state index contributed by atoms with van der Waals surface area (Å²) in [6, 6.07) is 12.5. The Kier molecular flexibility index (Phi) is 3.56. The van der Waals surface area contributed by atoms with E-state index in [0.29, 0.717) is 0 Å². The Morgan fingerprint density at radius 3 is 2.85 bits per heavy atom. The van der Waals surface area contributed by atoms with Gasteiger partial charge in [0.25, 0.3) is 0 Å². The first-order valence-electron chi connectivity index (χ1n) is 6.57. The van der Waals surface area contributed by atoms with Gasteiger partial charge in [0.2, 0.25) is 0 Å². The first-order valence-corrected chi connectivity index (χ1v) is 7.45. The third kappa shape index (κ3) is 2.47. The second-order valence-electron chi connectivity index (χ2n) is 4.88. The summed E-state index contributed by atoms with van der Waals surface area (Å²) in [4.78, 5) is 6.43. The van der Waals surface area contributed by atoms with Crippen LogP contribution in [-0.4, -0.2) is 19.1 Å². The Morgan fingerprint density at radius 2 is 2.00 bits per heavy atom. The normalized spacial score (nSPS) is 10.7. The second-order valence-corrected chi connectivity index (χ2v) is 5.79. The molecule has 3 rings (SSSR count). The molecule has 0 saturated carbocycles. The van der Waals surface area contributed by atoms with Crippen molar-refractivity contribution < 1.29 is 0 Å². The van der Waals surface area contributed by atoms with Gasteiger partial charge >= 0.3 is 0 Å². The lowest BCUT2D eigenvalue weighted by Crippen LogP contribution is -2.13. The molecule has 3 aromatic rings. The molecule has 0 bridgehead atoms. The minimum atomic E-state index is 0.816. The average molecular weight is 283 g/mol. The lowest BCUT2D eigenvalue weighted by molar-refractivity contribution is 1.05. The Morgan fingerprint density at radius 1 is 1.15 bits per heavy atom. The molecule has 102 valence electrons. The van der Waals surface area contributed by atoms with E-state index < -0.39 is 0 Å². The standard InChI is InChI=1S/C16H17N3S/c1-19(2)16-14(7-5-9-17-16)18-10-12-11-20-15-8-4-3-6-13(12)15/h3-9,11,18H,10H2,1-2H3. The fraction of sp³-hybridized carbons (Fsp3) is 0.188. The van der Waals surface area contributed by atoms with E-state index in [1.807, 2.05) is 31.3 Å². The highest BCUT2D eigenvalue weighted by molar-refractivity contribution is 7.17. The molecule has 2 heterocycles. The molecule has 1 aromatic carbocycles. The summed E-state index contributed by atoms with van der Waals surface area (Å²) in [5.41, 5.74) is 2.40. The minimum Gasteiger partial charge on any atom is -0.378 e. The van der Waals surface area contributed by atoms with Crippen molar-refractivity contribution in [2.24, 2.45) is 0 Å². The van der Waals surface area contributed by atoms with Crippen LogP contribution >= 0.6 is 11.3 Å². The van der Waals surface area contributed by atoms with E-state index in [9.17, 15) is 0 Å². The molecule has 0 unspecified atom stereocenters. The van der Waals surface area contributed by atoms with Crippen LogP contribution in [0.25, 0.3) is 10.1 Å². The molecule has 4 heteroatoms. The summed E-state index contributed by atoms with van der Waals surface area (Å²) < 4.78 is 1.34. The van der Waals surface area contributed by atoms with Crippen LogP contribution in [0.5, 0.6) is 0 Å². The second kappa shape index (κ2) is 5.51. The van der Waals surface area contributed by atoms with Gasteiger partial charge in [-0.15, -0.1) is 11.3 Å². The first-order chi connectivity index (χ1) is 9.75. The van der Waals surface area contributed by atoms with Crippen molar-refractivity contribution in [2.45, 2.75) is 6.54 Å². The number of thiophene rings is 1. The van der Waals surface area contributed by atoms with E-state index in [1.165, 1.54) is 15.6 Å². The van der Waals surface area contributed by atoms with Crippen molar-refractivity contribution in [2.75, 3.05) is 24.3 Å². The van der Waals surface area contributed by atoms with Gasteiger partial charge in [-0.2, -0.15) is 0 Å². The van der Waals surface area contributed by atoms with Gasteiger partial charge < -0.3 is 10.2 Å². The molecule has 1 N–H and O–H groups in total. The van der Waals surface area contributed by atoms with E-state index in [1.54, 1.807) is 11.3 Å². The Labute approximate surface area is 122 Å². The minimum absolute atomic E-state index is 0.816. The van der Waals surface area contributed by atoms with Crippen molar-refractivity contribution in [1.29, 1.82) is 0 Å². The van der Waals surface area contributed by atoms with Gasteiger partial charge in [-0.1, -0.05) is 18.2 Å². The third-order valence-corrected chi connectivity index (χ3v) is 4.25. The van der Waals surface area contributed by atoms with Gasteiger partial charge in [-0.05, 0) is 34.5 Å². The highest BCUT2D eigenvalue weighted by Crippen LogP contribution is 2.27. The number of hydrogen-bond acceptors (Lipinski definition) is 4. The molecule has 0 radical (unpaired) electrons. The van der Waals surface area contributed by atoms with Crippen molar-refractivity contribution in [3.63, 3.8) is 0 Å². The van der Waals surface area contributed by atoms with E-state index >= 15 is 0 Å². The Balaban J connectivity index is 1.83. The quantitative estimate of drug-likeness (QED) is 0.785. The number of rotatable bonds is 4. The van der Waals surface area contributed by atoms with E-state index in [0.717, 1.165) is 18.1 Å². The highest BCUT2D eigenvalue weighted by atomic mass is 32.1. The van der Waals surface area contributed by atoms with Crippen molar-refractivity contribution in [1.82, 2.24) is 4.98 Å². The van der Waals surface area contributed by atoms with Crippen LogP contribution in [0.2, 0.25) is 0 Å². The molecule has 0 aliphatic carbocycles. The van der Waals surface area contributed by atoms with Crippen LogP contribution in [0.4, 0.5) is 11.5 Å². The van der Waals surface area contributed by atoms with E-state index in [2.05, 4.69) is 46.0 Å². The molecule has 0 aliphatic rings. The maximum atomic E-state index is 4.41. The van der Waals surface area contributed by atoms with Crippen LogP contribution in [0.3, 0.4) is 0 Å². The molecule has 0 spiro atoms.